The van der Waals surface area contributed by atoms with Crippen molar-refractivity contribution >= 4 is 19.8 Å². The van der Waals surface area contributed by atoms with E-state index in [0.717, 1.165) is 5.92 Å². The third kappa shape index (κ3) is 1.37. The first-order valence-corrected chi connectivity index (χ1v) is 10.7. The van der Waals surface area contributed by atoms with Gasteiger partial charge in [-0.15, -0.1) is 0 Å². The third-order valence-electron chi connectivity index (χ3n) is 5.15. The molecule has 3 rings (SSSR count). The molecule has 0 radical (unpaired) electrons. The second-order valence-electron chi connectivity index (χ2n) is 5.71. The molecule has 2 aliphatic heterocycles. The first-order valence-electron chi connectivity index (χ1n) is 6.37. The number of hydrogen-bond donors (Lipinski definition) is 0. The summed E-state index contributed by atoms with van der Waals surface area (Å²) in [4.78, 5) is 0. The minimum atomic E-state index is -0.461. The fraction of sp³-hybridized carbons (Fsp3) is 1.00. The molecule has 5 atom stereocenters. The summed E-state index contributed by atoms with van der Waals surface area (Å²) in [7, 11) is 0. The molecule has 82 valence electrons. The van der Waals surface area contributed by atoms with Crippen molar-refractivity contribution in [1.82, 2.24) is 0 Å². The zero-order valence-electron chi connectivity index (χ0n) is 9.51. The average molecular weight is 306 g/mol. The first kappa shape index (κ1) is 9.92. The summed E-state index contributed by atoms with van der Waals surface area (Å²) in [6, 6.07) is 0. The predicted molar refractivity (Wildman–Crippen MR) is 71.3 cm³/mol. The van der Waals surface area contributed by atoms with Gasteiger partial charge in [0.05, 0.1) is 0 Å². The topological polar surface area (TPSA) is 0 Å². The van der Waals surface area contributed by atoms with Crippen LogP contribution in [-0.2, 0) is 0 Å². The van der Waals surface area contributed by atoms with Gasteiger partial charge in [-0.2, -0.15) is 0 Å². The van der Waals surface area contributed by atoms with E-state index in [-0.39, 0.29) is 0 Å². The Morgan fingerprint density at radius 3 is 2.64 bits per heavy atom. The van der Waals surface area contributed by atoms with Crippen LogP contribution in [0.2, 0.25) is 0 Å². The van der Waals surface area contributed by atoms with E-state index in [9.17, 15) is 0 Å². The molecule has 0 aromatic carbocycles. The van der Waals surface area contributed by atoms with Crippen molar-refractivity contribution < 1.29 is 0 Å². The molecule has 14 heavy (non-hydrogen) atoms. The van der Waals surface area contributed by atoms with Crippen LogP contribution in [0.15, 0.2) is 0 Å². The summed E-state index contributed by atoms with van der Waals surface area (Å²) < 4.78 is 4.67. The van der Waals surface area contributed by atoms with E-state index in [2.05, 4.69) is 13.8 Å². The van der Waals surface area contributed by atoms with Gasteiger partial charge in [0.1, 0.15) is 0 Å². The van der Waals surface area contributed by atoms with E-state index in [0.29, 0.717) is 0 Å². The Bertz CT molecular complexity index is 223. The standard InChI is InChI=1S/C13H23I/c1-9-5-6-12-11-4-3-7-14(10(11)2)8-13(9)12/h9-13H,3-8H2,1-2H3/t9-,10+,11-,12-,13-/m0/s1. The molecule has 2 saturated heterocycles. The van der Waals surface area contributed by atoms with Crippen molar-refractivity contribution in [3.63, 3.8) is 0 Å². The predicted octanol–water partition coefficient (Wildman–Crippen LogP) is 3.97. The summed E-state index contributed by atoms with van der Waals surface area (Å²) in [5.74, 6) is 4.65. The molecule has 0 aromatic rings. The number of rotatable bonds is 0. The van der Waals surface area contributed by atoms with Crippen LogP contribution >= 0.6 is 19.8 Å². The van der Waals surface area contributed by atoms with Crippen LogP contribution in [0.5, 0.6) is 0 Å². The molecular formula is C13H23I. The first-order chi connectivity index (χ1) is 6.77. The Hall–Kier alpha value is 0.730. The molecule has 1 heteroatoms. The molecule has 0 spiro atoms. The number of hydrogen-bond acceptors (Lipinski definition) is 0. The van der Waals surface area contributed by atoms with Crippen LogP contribution in [-0.4, -0.2) is 12.8 Å². The Kier molecular flexibility index (Phi) is 2.58. The third-order valence-corrected chi connectivity index (χ3v) is 13.2. The number of fused-ring (bicyclic) bond motifs is 4. The zero-order valence-corrected chi connectivity index (χ0v) is 11.7. The van der Waals surface area contributed by atoms with Gasteiger partial charge in [-0.05, 0) is 0 Å². The van der Waals surface area contributed by atoms with Gasteiger partial charge in [-0.25, -0.2) is 0 Å². The fourth-order valence-electron chi connectivity index (χ4n) is 4.22. The van der Waals surface area contributed by atoms with Crippen LogP contribution in [0, 0.1) is 23.7 Å². The summed E-state index contributed by atoms with van der Waals surface area (Å²) in [6.45, 7) is 5.15. The van der Waals surface area contributed by atoms with Crippen LogP contribution in [0.1, 0.15) is 39.5 Å². The van der Waals surface area contributed by atoms with Crippen LogP contribution in [0.4, 0.5) is 0 Å². The summed E-state index contributed by atoms with van der Waals surface area (Å²) >= 11 is -0.461. The summed E-state index contributed by atoms with van der Waals surface area (Å²) in [6.07, 6.45) is 6.36. The summed E-state index contributed by atoms with van der Waals surface area (Å²) in [5, 5.41) is 0. The molecule has 0 aromatic heterocycles. The Labute approximate surface area is 95.6 Å². The van der Waals surface area contributed by atoms with Crippen LogP contribution < -0.4 is 0 Å². The van der Waals surface area contributed by atoms with E-state index in [1.165, 1.54) is 21.7 Å². The van der Waals surface area contributed by atoms with Crippen molar-refractivity contribution in [2.24, 2.45) is 23.7 Å². The van der Waals surface area contributed by atoms with Crippen molar-refractivity contribution in [3.05, 3.63) is 0 Å². The number of alkyl halides is 3. The molecule has 3 aliphatic rings. The quantitative estimate of drug-likeness (QED) is 0.469. The maximum atomic E-state index is 2.62. The van der Waals surface area contributed by atoms with Crippen LogP contribution in [0.3, 0.4) is 0 Å². The van der Waals surface area contributed by atoms with Gasteiger partial charge in [0.15, 0.2) is 0 Å². The molecular weight excluding hydrogens is 283 g/mol. The monoisotopic (exact) mass is 306 g/mol. The van der Waals surface area contributed by atoms with Gasteiger partial charge < -0.3 is 0 Å². The van der Waals surface area contributed by atoms with Gasteiger partial charge in [-0.1, -0.05) is 0 Å². The molecule has 2 bridgehead atoms. The molecule has 3 fully saturated rings. The van der Waals surface area contributed by atoms with E-state index in [1.54, 1.807) is 34.5 Å². The second-order valence-corrected chi connectivity index (χ2v) is 12.5. The van der Waals surface area contributed by atoms with Crippen molar-refractivity contribution in [1.29, 1.82) is 0 Å². The molecule has 0 unspecified atom stereocenters. The van der Waals surface area contributed by atoms with Crippen molar-refractivity contribution in [2.45, 2.75) is 43.5 Å². The number of halogens is 1. The van der Waals surface area contributed by atoms with Crippen molar-refractivity contribution in [3.8, 4) is 0 Å². The van der Waals surface area contributed by atoms with Crippen molar-refractivity contribution in [2.75, 3.05) is 8.86 Å². The van der Waals surface area contributed by atoms with E-state index >= 15 is 0 Å². The molecule has 1 aliphatic carbocycles. The van der Waals surface area contributed by atoms with Gasteiger partial charge in [0.25, 0.3) is 0 Å². The minimum absolute atomic E-state index is 0.461. The Balaban J connectivity index is 1.86. The fourth-order valence-corrected chi connectivity index (χ4v) is 12.9. The normalized spacial score (nSPS) is 54.4. The molecule has 0 N–H and O–H groups in total. The molecule has 0 amide bonds. The summed E-state index contributed by atoms with van der Waals surface area (Å²) in [5.41, 5.74) is 0. The molecule has 1 saturated carbocycles. The maximum absolute atomic E-state index is 2.62. The zero-order chi connectivity index (χ0) is 9.71. The van der Waals surface area contributed by atoms with Gasteiger partial charge >= 0.3 is 95.8 Å². The Morgan fingerprint density at radius 1 is 0.929 bits per heavy atom. The molecule has 2 heterocycles. The van der Waals surface area contributed by atoms with E-state index in [1.807, 2.05) is 0 Å². The van der Waals surface area contributed by atoms with E-state index in [4.69, 9.17) is 0 Å². The van der Waals surface area contributed by atoms with Gasteiger partial charge in [0, 0.05) is 0 Å². The molecule has 0 nitrogen and oxygen atoms in total. The SMILES string of the molecule is C[C@@H]1[C@@H]2CCCI1C[C@@H]1[C@H]2CC[C@@H]1C. The van der Waals surface area contributed by atoms with Crippen LogP contribution in [0.25, 0.3) is 0 Å². The average Bonchev–Trinajstić information content (AvgIpc) is 2.48. The van der Waals surface area contributed by atoms with Gasteiger partial charge in [-0.3, -0.25) is 0 Å². The Morgan fingerprint density at radius 2 is 1.79 bits per heavy atom. The van der Waals surface area contributed by atoms with E-state index < -0.39 is 19.8 Å². The second kappa shape index (κ2) is 3.64. The van der Waals surface area contributed by atoms with Gasteiger partial charge in [0.2, 0.25) is 0 Å².